The van der Waals surface area contributed by atoms with Gasteiger partial charge in [-0.1, -0.05) is 6.42 Å². The van der Waals surface area contributed by atoms with Gasteiger partial charge in [-0.2, -0.15) is 0 Å². The summed E-state index contributed by atoms with van der Waals surface area (Å²) in [4.78, 5) is 19.8. The Balaban J connectivity index is 3.03. The van der Waals surface area contributed by atoms with Crippen LogP contribution in [0.3, 0.4) is 0 Å². The highest BCUT2D eigenvalue weighted by atomic mass is 16.4. The van der Waals surface area contributed by atoms with Gasteiger partial charge < -0.3 is 5.11 Å². The van der Waals surface area contributed by atoms with Crippen LogP contribution in [0.5, 0.6) is 0 Å². The number of aliphatic carboxylic acids is 1. The Labute approximate surface area is 64.8 Å². The third kappa shape index (κ3) is 8.94. The third-order valence-corrected chi connectivity index (χ3v) is 1.27. The van der Waals surface area contributed by atoms with Crippen molar-refractivity contribution in [2.45, 2.75) is 32.1 Å². The van der Waals surface area contributed by atoms with Crippen LogP contribution in [0.15, 0.2) is 0 Å². The van der Waals surface area contributed by atoms with E-state index in [1.807, 2.05) is 0 Å². The van der Waals surface area contributed by atoms with Crippen LogP contribution in [0.25, 0.3) is 0 Å². The van der Waals surface area contributed by atoms with Crippen LogP contribution in [0.2, 0.25) is 0 Å². The second-order valence-corrected chi connectivity index (χ2v) is 2.33. The summed E-state index contributed by atoms with van der Waals surface area (Å²) in [7, 11) is 0. The van der Waals surface area contributed by atoms with Crippen molar-refractivity contribution in [1.82, 2.24) is 0 Å². The molecule has 0 fully saturated rings. The Hall–Kier alpha value is -1.06. The Kier molecular flexibility index (Phi) is 5.15. The predicted molar refractivity (Wildman–Crippen MR) is 36.4 cm³/mol. The van der Waals surface area contributed by atoms with Crippen molar-refractivity contribution in [2.75, 3.05) is 0 Å². The molecule has 1 N–H and O–H groups in total. The van der Waals surface area contributed by atoms with Crippen LogP contribution >= 0.6 is 0 Å². The van der Waals surface area contributed by atoms with Gasteiger partial charge in [0.25, 0.3) is 0 Å². The maximum atomic E-state index is 9.97. The summed E-state index contributed by atoms with van der Waals surface area (Å²) in [5.74, 6) is -1.90. The highest BCUT2D eigenvalue weighted by molar-refractivity contribution is 5.67. The molecule has 0 aliphatic carbocycles. The summed E-state index contributed by atoms with van der Waals surface area (Å²) in [6.45, 7) is 0. The van der Waals surface area contributed by atoms with Crippen molar-refractivity contribution < 1.29 is 19.8 Å². The summed E-state index contributed by atoms with van der Waals surface area (Å²) in [5.41, 5.74) is 0. The molecule has 0 saturated heterocycles. The van der Waals surface area contributed by atoms with Crippen LogP contribution < -0.4 is 0 Å². The minimum absolute atomic E-state index is 0.0274. The quantitative estimate of drug-likeness (QED) is 0.587. The molecule has 0 saturated carbocycles. The number of carbonyl (C=O) groups excluding carboxylic acids is 1. The van der Waals surface area contributed by atoms with E-state index in [2.05, 4.69) is 0 Å². The zero-order valence-electron chi connectivity index (χ0n) is 6.21. The first-order chi connectivity index (χ1) is 5.13. The average molecular weight is 159 g/mol. The van der Waals surface area contributed by atoms with Gasteiger partial charge in [-0.15, -0.1) is 0 Å². The minimum Gasteiger partial charge on any atom is -0.481 e. The summed E-state index contributed by atoms with van der Waals surface area (Å²) >= 11 is 0. The van der Waals surface area contributed by atoms with E-state index in [-0.39, 0.29) is 12.8 Å². The second-order valence-electron chi connectivity index (χ2n) is 2.33. The van der Waals surface area contributed by atoms with Crippen molar-refractivity contribution in [3.8, 4) is 0 Å². The molecular weight excluding hydrogens is 148 g/mol. The maximum absolute atomic E-state index is 9.97. The highest BCUT2D eigenvalue weighted by Gasteiger charge is 2.00. The van der Waals surface area contributed by atoms with E-state index >= 15 is 0 Å². The molecule has 0 atom stereocenters. The average Bonchev–Trinajstić information content (AvgIpc) is 1.85. The van der Waals surface area contributed by atoms with Crippen LogP contribution in [-0.2, 0) is 14.7 Å². The SMILES string of the molecule is [O]C(=O)CCCCCC(=O)O. The molecule has 4 nitrogen and oxygen atoms in total. The number of hydrogen-bond acceptors (Lipinski definition) is 2. The van der Waals surface area contributed by atoms with E-state index in [1.54, 1.807) is 0 Å². The lowest BCUT2D eigenvalue weighted by atomic mass is 10.1. The van der Waals surface area contributed by atoms with Crippen LogP contribution in [-0.4, -0.2) is 17.0 Å². The van der Waals surface area contributed by atoms with Gasteiger partial charge in [-0.05, 0) is 12.8 Å². The van der Waals surface area contributed by atoms with E-state index in [0.29, 0.717) is 19.3 Å². The Morgan fingerprint density at radius 1 is 1.00 bits per heavy atom. The van der Waals surface area contributed by atoms with Crippen LogP contribution in [0.4, 0.5) is 0 Å². The topological polar surface area (TPSA) is 74.3 Å². The minimum atomic E-state index is -1.07. The fraction of sp³-hybridized carbons (Fsp3) is 0.714. The van der Waals surface area contributed by atoms with Crippen molar-refractivity contribution >= 4 is 11.9 Å². The lowest BCUT2D eigenvalue weighted by molar-refractivity contribution is -0.143. The number of carboxylic acids is 1. The fourth-order valence-electron chi connectivity index (χ4n) is 0.722. The first-order valence-corrected chi connectivity index (χ1v) is 3.54. The molecule has 0 bridgehead atoms. The maximum Gasteiger partial charge on any atom is 0.355 e. The van der Waals surface area contributed by atoms with Crippen molar-refractivity contribution in [1.29, 1.82) is 0 Å². The molecule has 0 aromatic rings. The molecule has 0 aromatic carbocycles. The summed E-state index contributed by atoms with van der Waals surface area (Å²) < 4.78 is 0. The molecule has 0 aliphatic heterocycles. The van der Waals surface area contributed by atoms with E-state index in [9.17, 15) is 14.7 Å². The van der Waals surface area contributed by atoms with Gasteiger partial charge in [-0.25, -0.2) is 9.90 Å². The van der Waals surface area contributed by atoms with E-state index in [1.165, 1.54) is 0 Å². The summed E-state index contributed by atoms with van der Waals surface area (Å²) in [5, 5.41) is 18.1. The monoisotopic (exact) mass is 159 g/mol. The molecule has 0 aliphatic rings. The molecule has 0 heterocycles. The van der Waals surface area contributed by atoms with E-state index < -0.39 is 11.9 Å². The third-order valence-electron chi connectivity index (χ3n) is 1.27. The zero-order chi connectivity index (χ0) is 8.69. The van der Waals surface area contributed by atoms with Gasteiger partial charge in [0.1, 0.15) is 0 Å². The number of hydrogen-bond donors (Lipinski definition) is 1. The number of unbranched alkanes of at least 4 members (excludes halogenated alkanes) is 2. The normalized spacial score (nSPS) is 9.45. The fourth-order valence-corrected chi connectivity index (χ4v) is 0.722. The van der Waals surface area contributed by atoms with Gasteiger partial charge in [0.15, 0.2) is 0 Å². The lowest BCUT2D eigenvalue weighted by Gasteiger charge is -1.93. The Bertz CT molecular complexity index is 125. The number of carbonyl (C=O) groups is 2. The van der Waals surface area contributed by atoms with E-state index in [0.717, 1.165) is 0 Å². The zero-order valence-corrected chi connectivity index (χ0v) is 6.21. The predicted octanol–water partition coefficient (Wildman–Crippen LogP) is 0.979. The van der Waals surface area contributed by atoms with Crippen molar-refractivity contribution in [2.24, 2.45) is 0 Å². The summed E-state index contributed by atoms with van der Waals surface area (Å²) in [6, 6.07) is 0. The Morgan fingerprint density at radius 2 is 1.55 bits per heavy atom. The van der Waals surface area contributed by atoms with Gasteiger partial charge in [0.05, 0.1) is 6.42 Å². The molecule has 11 heavy (non-hydrogen) atoms. The second kappa shape index (κ2) is 5.70. The van der Waals surface area contributed by atoms with Crippen molar-refractivity contribution in [3.05, 3.63) is 0 Å². The highest BCUT2D eigenvalue weighted by Crippen LogP contribution is 2.02. The molecule has 0 amide bonds. The molecule has 0 unspecified atom stereocenters. The van der Waals surface area contributed by atoms with Crippen LogP contribution in [0, 0.1) is 0 Å². The first kappa shape index (κ1) is 9.94. The molecule has 0 aromatic heterocycles. The van der Waals surface area contributed by atoms with Gasteiger partial charge in [0.2, 0.25) is 0 Å². The standard InChI is InChI=1S/C7H11O4/c8-6(9)4-2-1-3-5-7(10)11/h1-5H2,(H,8,9). The van der Waals surface area contributed by atoms with Crippen LogP contribution in [0.1, 0.15) is 32.1 Å². The molecule has 1 radical (unpaired) electrons. The number of rotatable bonds is 6. The summed E-state index contributed by atoms with van der Waals surface area (Å²) in [6.07, 6.45) is 1.84. The van der Waals surface area contributed by atoms with Gasteiger partial charge in [-0.3, -0.25) is 4.79 Å². The molecule has 0 spiro atoms. The van der Waals surface area contributed by atoms with Crippen molar-refractivity contribution in [3.63, 3.8) is 0 Å². The molecule has 4 heteroatoms. The molecule has 63 valence electrons. The number of carboxylic acid groups (broad SMARTS) is 1. The molecule has 0 rings (SSSR count). The smallest absolute Gasteiger partial charge is 0.355 e. The molecular formula is C7H11O4. The Morgan fingerprint density at radius 3 is 2.00 bits per heavy atom. The lowest BCUT2D eigenvalue weighted by Crippen LogP contribution is -1.95. The van der Waals surface area contributed by atoms with Gasteiger partial charge in [0, 0.05) is 6.42 Å². The largest absolute Gasteiger partial charge is 0.481 e. The van der Waals surface area contributed by atoms with E-state index in [4.69, 9.17) is 5.11 Å². The first-order valence-electron chi connectivity index (χ1n) is 3.54. The van der Waals surface area contributed by atoms with Gasteiger partial charge >= 0.3 is 11.9 Å².